The molecule has 1 fully saturated rings. The third kappa shape index (κ3) is 3.99. The molecule has 3 aromatic heterocycles. The van der Waals surface area contributed by atoms with Gasteiger partial charge in [-0.15, -0.1) is 0 Å². The predicted molar refractivity (Wildman–Crippen MR) is 118 cm³/mol. The number of aryl methyl sites for hydroxylation is 1. The van der Waals surface area contributed by atoms with E-state index in [-0.39, 0.29) is 12.1 Å². The molecule has 0 aliphatic carbocycles. The average molecular weight is 411 g/mol. The maximum absolute atomic E-state index is 12.6. The lowest BCUT2D eigenvalue weighted by Crippen LogP contribution is -2.49. The first-order valence-electron chi connectivity index (χ1n) is 10.4. The highest BCUT2D eigenvalue weighted by Crippen LogP contribution is 2.36. The van der Waals surface area contributed by atoms with Crippen LogP contribution in [0.2, 0.25) is 0 Å². The van der Waals surface area contributed by atoms with Gasteiger partial charge in [0.2, 0.25) is 0 Å². The minimum absolute atomic E-state index is 0.0950. The van der Waals surface area contributed by atoms with Crippen LogP contribution >= 0.6 is 0 Å². The number of piperidine rings is 1. The number of hydrogen-bond acceptors (Lipinski definition) is 5. The van der Waals surface area contributed by atoms with Crippen LogP contribution in [0, 0.1) is 0 Å². The molecule has 0 bridgehead atoms. The molecule has 1 saturated heterocycles. The fourth-order valence-electron chi connectivity index (χ4n) is 4.06. The molecule has 1 atom stereocenters. The molecule has 8 heteroatoms. The van der Waals surface area contributed by atoms with E-state index in [0.29, 0.717) is 0 Å². The smallest absolute Gasteiger partial charge is 0.410 e. The molecule has 30 heavy (non-hydrogen) atoms. The minimum atomic E-state index is -0.499. The lowest BCUT2D eigenvalue weighted by Gasteiger charge is -2.39. The zero-order valence-electron chi connectivity index (χ0n) is 18.3. The number of carbonyl (C=O) groups excluding carboxylic acids is 1. The van der Waals surface area contributed by atoms with Crippen molar-refractivity contribution >= 4 is 22.8 Å². The number of H-pyrrole nitrogens is 1. The molecule has 4 heterocycles. The Bertz CT molecular complexity index is 1050. The number of nitrogens with one attached hydrogen (secondary N) is 1. The number of ether oxygens (including phenoxy) is 1. The van der Waals surface area contributed by atoms with Gasteiger partial charge in [-0.1, -0.05) is 0 Å². The number of likely N-dealkylation sites (N-methyl/N-ethyl adjacent to an activating group) is 1. The van der Waals surface area contributed by atoms with Gasteiger partial charge in [0.05, 0.1) is 17.6 Å². The SMILES string of the molecule is CN(C(=O)OC(C)(C)C)[C@H]1CCCN(c2ccnc3[nH]cc(-c4cnn(C)c4)c23)C1. The van der Waals surface area contributed by atoms with Crippen molar-refractivity contribution in [3.05, 3.63) is 30.9 Å². The molecule has 1 N–H and O–H groups in total. The Morgan fingerprint density at radius 1 is 1.37 bits per heavy atom. The van der Waals surface area contributed by atoms with Crippen molar-refractivity contribution in [3.8, 4) is 11.1 Å². The topological polar surface area (TPSA) is 79.3 Å². The number of aromatic nitrogens is 4. The maximum atomic E-state index is 12.6. The van der Waals surface area contributed by atoms with Gasteiger partial charge in [-0.05, 0) is 39.7 Å². The van der Waals surface area contributed by atoms with Gasteiger partial charge in [-0.25, -0.2) is 9.78 Å². The van der Waals surface area contributed by atoms with Crippen LogP contribution in [0.5, 0.6) is 0 Å². The van der Waals surface area contributed by atoms with Crippen LogP contribution < -0.4 is 4.90 Å². The summed E-state index contributed by atoms with van der Waals surface area (Å²) in [6, 6.07) is 2.16. The first-order chi connectivity index (χ1) is 14.2. The Kier molecular flexibility index (Phi) is 5.17. The Labute approximate surface area is 176 Å². The van der Waals surface area contributed by atoms with E-state index >= 15 is 0 Å². The molecule has 160 valence electrons. The van der Waals surface area contributed by atoms with E-state index < -0.39 is 5.60 Å². The Morgan fingerprint density at radius 2 is 2.17 bits per heavy atom. The molecular formula is C22H30N6O2. The van der Waals surface area contributed by atoms with Crippen molar-refractivity contribution in [2.24, 2.45) is 7.05 Å². The molecule has 8 nitrogen and oxygen atoms in total. The Hall–Kier alpha value is -3.03. The van der Waals surface area contributed by atoms with Crippen LogP contribution in [0.15, 0.2) is 30.9 Å². The highest BCUT2D eigenvalue weighted by atomic mass is 16.6. The second-order valence-corrected chi connectivity index (χ2v) is 8.99. The summed E-state index contributed by atoms with van der Waals surface area (Å²) in [5, 5.41) is 5.41. The zero-order valence-corrected chi connectivity index (χ0v) is 18.3. The number of aromatic amines is 1. The summed E-state index contributed by atoms with van der Waals surface area (Å²) >= 11 is 0. The summed E-state index contributed by atoms with van der Waals surface area (Å²) in [5.74, 6) is 0. The summed E-state index contributed by atoms with van der Waals surface area (Å²) in [5.41, 5.74) is 3.62. The van der Waals surface area contributed by atoms with Crippen LogP contribution in [-0.2, 0) is 11.8 Å². The van der Waals surface area contributed by atoms with Gasteiger partial charge >= 0.3 is 6.09 Å². The van der Waals surface area contributed by atoms with Crippen molar-refractivity contribution in [1.29, 1.82) is 0 Å². The van der Waals surface area contributed by atoms with E-state index in [4.69, 9.17) is 4.74 Å². The Morgan fingerprint density at radius 3 is 2.87 bits per heavy atom. The van der Waals surface area contributed by atoms with Crippen molar-refractivity contribution in [2.75, 3.05) is 25.0 Å². The molecule has 1 aliphatic rings. The van der Waals surface area contributed by atoms with Gasteiger partial charge in [-0.2, -0.15) is 5.10 Å². The van der Waals surface area contributed by atoms with Crippen LogP contribution in [0.4, 0.5) is 10.5 Å². The largest absolute Gasteiger partial charge is 0.444 e. The first kappa shape index (κ1) is 20.3. The first-order valence-corrected chi connectivity index (χ1v) is 10.4. The van der Waals surface area contributed by atoms with Crippen molar-refractivity contribution in [3.63, 3.8) is 0 Å². The fraction of sp³-hybridized carbons (Fsp3) is 0.500. The number of fused-ring (bicyclic) bond motifs is 1. The quantitative estimate of drug-likeness (QED) is 0.710. The third-order valence-corrected chi connectivity index (χ3v) is 5.53. The number of hydrogen-bond donors (Lipinski definition) is 1. The monoisotopic (exact) mass is 410 g/mol. The van der Waals surface area contributed by atoms with Gasteiger partial charge in [-0.3, -0.25) is 4.68 Å². The standard InChI is InChI=1S/C22H30N6O2/c1-22(2,3)30-21(29)27(5)16-7-6-10-28(14-16)18-8-9-23-20-19(18)17(12-24-20)15-11-25-26(4)13-15/h8-9,11-13,16H,6-7,10,14H2,1-5H3,(H,23,24)/t16-/m0/s1. The number of nitrogens with zero attached hydrogens (tertiary/aromatic N) is 5. The second kappa shape index (κ2) is 7.66. The lowest BCUT2D eigenvalue weighted by atomic mass is 10.0. The van der Waals surface area contributed by atoms with E-state index in [1.807, 2.05) is 59.7 Å². The molecule has 0 unspecified atom stereocenters. The van der Waals surface area contributed by atoms with Gasteiger partial charge in [0.15, 0.2) is 0 Å². The summed E-state index contributed by atoms with van der Waals surface area (Å²) in [6.45, 7) is 7.38. The summed E-state index contributed by atoms with van der Waals surface area (Å²) in [7, 11) is 3.75. The summed E-state index contributed by atoms with van der Waals surface area (Å²) in [6.07, 6.45) is 9.40. The molecule has 0 saturated carbocycles. The predicted octanol–water partition coefficient (Wildman–Crippen LogP) is 3.80. The number of amides is 1. The molecule has 1 amide bonds. The highest BCUT2D eigenvalue weighted by Gasteiger charge is 2.30. The molecular weight excluding hydrogens is 380 g/mol. The van der Waals surface area contributed by atoms with Crippen LogP contribution in [0.1, 0.15) is 33.6 Å². The van der Waals surface area contributed by atoms with Crippen molar-refractivity contribution < 1.29 is 9.53 Å². The van der Waals surface area contributed by atoms with Gasteiger partial charge in [0, 0.05) is 62.6 Å². The van der Waals surface area contributed by atoms with Gasteiger partial charge in [0.25, 0.3) is 0 Å². The van der Waals surface area contributed by atoms with Crippen LogP contribution in [0.3, 0.4) is 0 Å². The molecule has 0 spiro atoms. The van der Waals surface area contributed by atoms with Crippen LogP contribution in [0.25, 0.3) is 22.2 Å². The Balaban J connectivity index is 1.62. The molecule has 4 rings (SSSR count). The maximum Gasteiger partial charge on any atom is 0.410 e. The number of anilines is 1. The van der Waals surface area contributed by atoms with E-state index in [0.717, 1.165) is 53.8 Å². The number of rotatable bonds is 3. The van der Waals surface area contributed by atoms with Gasteiger partial charge in [0.1, 0.15) is 11.2 Å². The minimum Gasteiger partial charge on any atom is -0.444 e. The molecule has 1 aliphatic heterocycles. The number of pyridine rings is 1. The number of carbonyl (C=O) groups is 1. The lowest BCUT2D eigenvalue weighted by molar-refractivity contribution is 0.0210. The normalized spacial score (nSPS) is 17.4. The second-order valence-electron chi connectivity index (χ2n) is 8.99. The van der Waals surface area contributed by atoms with E-state index in [9.17, 15) is 4.79 Å². The molecule has 0 radical (unpaired) electrons. The fourth-order valence-corrected chi connectivity index (χ4v) is 4.06. The molecule has 3 aromatic rings. The van der Waals surface area contributed by atoms with E-state index in [2.05, 4.69) is 26.0 Å². The molecule has 0 aromatic carbocycles. The average Bonchev–Trinajstić information content (AvgIpc) is 3.32. The van der Waals surface area contributed by atoms with Crippen molar-refractivity contribution in [2.45, 2.75) is 45.3 Å². The van der Waals surface area contributed by atoms with Crippen LogP contribution in [-0.4, -0.2) is 62.5 Å². The summed E-state index contributed by atoms with van der Waals surface area (Å²) in [4.78, 5) is 24.5. The van der Waals surface area contributed by atoms with Crippen molar-refractivity contribution in [1.82, 2.24) is 24.6 Å². The highest BCUT2D eigenvalue weighted by molar-refractivity contribution is 6.02. The van der Waals surface area contributed by atoms with E-state index in [1.165, 1.54) is 0 Å². The van der Waals surface area contributed by atoms with Gasteiger partial charge < -0.3 is 19.5 Å². The summed E-state index contributed by atoms with van der Waals surface area (Å²) < 4.78 is 7.38. The zero-order chi connectivity index (χ0) is 21.5. The third-order valence-electron chi connectivity index (χ3n) is 5.53. The van der Waals surface area contributed by atoms with E-state index in [1.54, 1.807) is 9.58 Å².